The third-order valence-corrected chi connectivity index (χ3v) is 4.61. The fourth-order valence-corrected chi connectivity index (χ4v) is 3.09. The molecule has 1 heterocycles. The van der Waals surface area contributed by atoms with Crippen molar-refractivity contribution in [3.05, 3.63) is 40.6 Å². The zero-order valence-electron chi connectivity index (χ0n) is 10.1. The number of thiophene rings is 1. The standard InChI is InChI=1S/C14H14O2S2/c1-2-7-17-12-5-3-10(4-6-12)11-8-13(14(15)16)18-9-11/h3-6,8-9H,2,7H2,1H3,(H,15,16). The summed E-state index contributed by atoms with van der Waals surface area (Å²) in [5, 5.41) is 10.8. The van der Waals surface area contributed by atoms with E-state index in [0.29, 0.717) is 4.88 Å². The minimum absolute atomic E-state index is 0.384. The van der Waals surface area contributed by atoms with E-state index in [1.54, 1.807) is 6.07 Å². The quantitative estimate of drug-likeness (QED) is 0.811. The van der Waals surface area contributed by atoms with Crippen LogP contribution in [0.1, 0.15) is 23.0 Å². The Morgan fingerprint density at radius 2 is 2.00 bits per heavy atom. The highest BCUT2D eigenvalue weighted by Crippen LogP contribution is 2.28. The van der Waals surface area contributed by atoms with Gasteiger partial charge in [0.1, 0.15) is 4.88 Å². The minimum Gasteiger partial charge on any atom is -0.477 e. The summed E-state index contributed by atoms with van der Waals surface area (Å²) in [5.41, 5.74) is 2.05. The first-order chi connectivity index (χ1) is 8.70. The second-order valence-electron chi connectivity index (χ2n) is 3.88. The fraction of sp³-hybridized carbons (Fsp3) is 0.214. The molecule has 0 unspecified atom stereocenters. The van der Waals surface area contributed by atoms with E-state index >= 15 is 0 Å². The van der Waals surface area contributed by atoms with E-state index < -0.39 is 5.97 Å². The van der Waals surface area contributed by atoms with Gasteiger partial charge in [0.25, 0.3) is 0 Å². The molecule has 94 valence electrons. The zero-order valence-corrected chi connectivity index (χ0v) is 11.7. The first kappa shape index (κ1) is 13.2. The molecule has 0 saturated heterocycles. The molecule has 1 aromatic heterocycles. The van der Waals surface area contributed by atoms with E-state index in [1.807, 2.05) is 29.3 Å². The predicted molar refractivity (Wildman–Crippen MR) is 77.7 cm³/mol. The summed E-state index contributed by atoms with van der Waals surface area (Å²) in [6.45, 7) is 2.17. The number of carbonyl (C=O) groups is 1. The lowest BCUT2D eigenvalue weighted by molar-refractivity contribution is 0.0702. The Morgan fingerprint density at radius 1 is 1.28 bits per heavy atom. The van der Waals surface area contributed by atoms with Crippen molar-refractivity contribution in [3.8, 4) is 11.1 Å². The number of thioether (sulfide) groups is 1. The van der Waals surface area contributed by atoms with Crippen molar-refractivity contribution in [1.29, 1.82) is 0 Å². The number of carboxylic acids is 1. The smallest absolute Gasteiger partial charge is 0.345 e. The number of hydrogen-bond acceptors (Lipinski definition) is 3. The maximum absolute atomic E-state index is 10.8. The van der Waals surface area contributed by atoms with Crippen LogP contribution in [0.4, 0.5) is 0 Å². The van der Waals surface area contributed by atoms with Gasteiger partial charge in [-0.05, 0) is 46.9 Å². The maximum atomic E-state index is 10.8. The Balaban J connectivity index is 2.15. The molecule has 2 rings (SSSR count). The molecule has 0 aliphatic rings. The normalized spacial score (nSPS) is 10.5. The van der Waals surface area contributed by atoms with E-state index in [-0.39, 0.29) is 0 Å². The van der Waals surface area contributed by atoms with Crippen LogP contribution in [0.15, 0.2) is 40.6 Å². The molecular formula is C14H14O2S2. The third-order valence-electron chi connectivity index (χ3n) is 2.47. The van der Waals surface area contributed by atoms with Crippen molar-refractivity contribution < 1.29 is 9.90 Å². The Bertz CT molecular complexity index is 529. The van der Waals surface area contributed by atoms with Gasteiger partial charge in [0.2, 0.25) is 0 Å². The van der Waals surface area contributed by atoms with Gasteiger partial charge in [0, 0.05) is 4.90 Å². The van der Waals surface area contributed by atoms with Crippen LogP contribution >= 0.6 is 23.1 Å². The molecule has 2 aromatic rings. The van der Waals surface area contributed by atoms with Crippen LogP contribution in [-0.4, -0.2) is 16.8 Å². The molecule has 4 heteroatoms. The largest absolute Gasteiger partial charge is 0.477 e. The molecule has 0 radical (unpaired) electrons. The van der Waals surface area contributed by atoms with Crippen molar-refractivity contribution >= 4 is 29.1 Å². The van der Waals surface area contributed by atoms with Crippen LogP contribution in [0.5, 0.6) is 0 Å². The molecule has 1 N–H and O–H groups in total. The number of aromatic carboxylic acids is 1. The Kier molecular flexibility index (Phi) is 4.44. The Morgan fingerprint density at radius 3 is 2.56 bits per heavy atom. The van der Waals surface area contributed by atoms with Gasteiger partial charge < -0.3 is 5.11 Å². The summed E-state index contributed by atoms with van der Waals surface area (Å²) in [5.74, 6) is 0.266. The highest BCUT2D eigenvalue weighted by atomic mass is 32.2. The molecule has 1 aromatic carbocycles. The SMILES string of the molecule is CCCSc1ccc(-c2csc(C(=O)O)c2)cc1. The zero-order chi connectivity index (χ0) is 13.0. The fourth-order valence-electron chi connectivity index (χ4n) is 1.56. The molecule has 0 saturated carbocycles. The molecular weight excluding hydrogens is 264 g/mol. The lowest BCUT2D eigenvalue weighted by Gasteiger charge is -2.01. The summed E-state index contributed by atoms with van der Waals surface area (Å²) < 4.78 is 0. The van der Waals surface area contributed by atoms with Crippen molar-refractivity contribution in [1.82, 2.24) is 0 Å². The van der Waals surface area contributed by atoms with E-state index in [1.165, 1.54) is 22.7 Å². The monoisotopic (exact) mass is 278 g/mol. The summed E-state index contributed by atoms with van der Waals surface area (Å²) in [6, 6.07) is 10.0. The van der Waals surface area contributed by atoms with Crippen molar-refractivity contribution in [3.63, 3.8) is 0 Å². The topological polar surface area (TPSA) is 37.3 Å². The van der Waals surface area contributed by atoms with Crippen LogP contribution in [-0.2, 0) is 0 Å². The van der Waals surface area contributed by atoms with Gasteiger partial charge in [0.05, 0.1) is 0 Å². The van der Waals surface area contributed by atoms with E-state index in [9.17, 15) is 4.79 Å². The van der Waals surface area contributed by atoms with Gasteiger partial charge >= 0.3 is 5.97 Å². The average Bonchev–Trinajstić information content (AvgIpc) is 2.87. The number of hydrogen-bond donors (Lipinski definition) is 1. The first-order valence-electron chi connectivity index (χ1n) is 5.75. The van der Waals surface area contributed by atoms with Crippen molar-refractivity contribution in [2.24, 2.45) is 0 Å². The summed E-state index contributed by atoms with van der Waals surface area (Å²) in [4.78, 5) is 12.5. The molecule has 0 spiro atoms. The van der Waals surface area contributed by atoms with Gasteiger partial charge in [-0.2, -0.15) is 0 Å². The first-order valence-corrected chi connectivity index (χ1v) is 7.62. The molecule has 2 nitrogen and oxygen atoms in total. The lowest BCUT2D eigenvalue weighted by atomic mass is 10.1. The summed E-state index contributed by atoms with van der Waals surface area (Å²) in [6.07, 6.45) is 1.17. The lowest BCUT2D eigenvalue weighted by Crippen LogP contribution is -1.89. The molecule has 18 heavy (non-hydrogen) atoms. The minimum atomic E-state index is -0.860. The molecule has 0 atom stereocenters. The van der Waals surface area contributed by atoms with E-state index in [0.717, 1.165) is 16.9 Å². The second-order valence-corrected chi connectivity index (χ2v) is 5.96. The Hall–Kier alpha value is -1.26. The summed E-state index contributed by atoms with van der Waals surface area (Å²) in [7, 11) is 0. The van der Waals surface area contributed by atoms with Gasteiger partial charge in [0.15, 0.2) is 0 Å². The Labute approximate surface area is 115 Å². The number of carboxylic acid groups (broad SMARTS) is 1. The molecule has 0 aliphatic heterocycles. The van der Waals surface area contributed by atoms with Gasteiger partial charge in [-0.3, -0.25) is 0 Å². The highest BCUT2D eigenvalue weighted by molar-refractivity contribution is 7.99. The van der Waals surface area contributed by atoms with Crippen LogP contribution in [0.25, 0.3) is 11.1 Å². The van der Waals surface area contributed by atoms with Crippen LogP contribution in [0.3, 0.4) is 0 Å². The van der Waals surface area contributed by atoms with Crippen molar-refractivity contribution in [2.75, 3.05) is 5.75 Å². The second kappa shape index (κ2) is 6.07. The van der Waals surface area contributed by atoms with Gasteiger partial charge in [-0.15, -0.1) is 23.1 Å². The van der Waals surface area contributed by atoms with Gasteiger partial charge in [-0.25, -0.2) is 4.79 Å². The number of rotatable bonds is 5. The predicted octanol–water partition coefficient (Wildman–Crippen LogP) is 4.62. The summed E-state index contributed by atoms with van der Waals surface area (Å²) >= 11 is 3.11. The molecule has 0 aliphatic carbocycles. The molecule has 0 bridgehead atoms. The van der Waals surface area contributed by atoms with Crippen molar-refractivity contribution in [2.45, 2.75) is 18.2 Å². The molecule has 0 fully saturated rings. The van der Waals surface area contributed by atoms with Crippen LogP contribution in [0.2, 0.25) is 0 Å². The van der Waals surface area contributed by atoms with E-state index in [4.69, 9.17) is 5.11 Å². The van der Waals surface area contributed by atoms with E-state index in [2.05, 4.69) is 19.1 Å². The van der Waals surface area contributed by atoms with Crippen LogP contribution in [0, 0.1) is 0 Å². The van der Waals surface area contributed by atoms with Crippen LogP contribution < -0.4 is 0 Å². The highest BCUT2D eigenvalue weighted by Gasteiger charge is 2.08. The maximum Gasteiger partial charge on any atom is 0.345 e. The number of benzene rings is 1. The van der Waals surface area contributed by atoms with Gasteiger partial charge in [-0.1, -0.05) is 19.1 Å². The molecule has 0 amide bonds. The third kappa shape index (κ3) is 3.15. The average molecular weight is 278 g/mol.